The average Bonchev–Trinajstić information content (AvgIpc) is 2.22. The molecular weight excluding hydrogens is 212 g/mol. The van der Waals surface area contributed by atoms with Crippen LogP contribution in [0.25, 0.3) is 0 Å². The third-order valence-electron chi connectivity index (χ3n) is 4.14. The fourth-order valence-corrected chi connectivity index (χ4v) is 2.54. The number of aliphatic hydroxyl groups is 1. The Balaban J connectivity index is 2.09. The summed E-state index contributed by atoms with van der Waals surface area (Å²) in [7, 11) is 2.25. The number of nitrogens with zero attached hydrogens (tertiary/aromatic N) is 1. The highest BCUT2D eigenvalue weighted by atomic mass is 16.3. The van der Waals surface area contributed by atoms with Crippen LogP contribution < -0.4 is 5.32 Å². The summed E-state index contributed by atoms with van der Waals surface area (Å²) in [6.07, 6.45) is 7.70. The highest BCUT2D eigenvalue weighted by Gasteiger charge is 2.23. The van der Waals surface area contributed by atoms with E-state index < -0.39 is 0 Å². The van der Waals surface area contributed by atoms with Crippen molar-refractivity contribution in [2.75, 3.05) is 26.7 Å². The number of hydrogen-bond acceptors (Lipinski definition) is 3. The Labute approximate surface area is 107 Å². The van der Waals surface area contributed by atoms with E-state index in [0.717, 1.165) is 19.0 Å². The Hall–Kier alpha value is -0.120. The molecule has 0 aromatic heterocycles. The number of likely N-dealkylation sites (N-methyl/N-ethyl adjacent to an activating group) is 1. The van der Waals surface area contributed by atoms with Crippen LogP contribution in [0.15, 0.2) is 0 Å². The molecule has 0 bridgehead atoms. The first-order valence-corrected chi connectivity index (χ1v) is 7.17. The minimum atomic E-state index is -0.0796. The molecule has 17 heavy (non-hydrogen) atoms. The van der Waals surface area contributed by atoms with E-state index in [0.29, 0.717) is 0 Å². The molecule has 0 aliphatic heterocycles. The fraction of sp³-hybridized carbons (Fsp3) is 1.00. The normalized spacial score (nSPS) is 20.3. The molecule has 1 atom stereocenters. The summed E-state index contributed by atoms with van der Waals surface area (Å²) in [5.41, 5.74) is -0.0796. The van der Waals surface area contributed by atoms with Crippen LogP contribution in [0.3, 0.4) is 0 Å². The second kappa shape index (κ2) is 7.34. The number of unbranched alkanes of at least 4 members (excludes halogenated alkanes) is 1. The van der Waals surface area contributed by atoms with Crippen LogP contribution in [0.1, 0.15) is 52.4 Å². The molecular formula is C14H30N2O. The van der Waals surface area contributed by atoms with Crippen LogP contribution >= 0.6 is 0 Å². The molecule has 0 radical (unpaired) electrons. The van der Waals surface area contributed by atoms with Crippen molar-refractivity contribution >= 4 is 0 Å². The van der Waals surface area contributed by atoms with Gasteiger partial charge in [0.2, 0.25) is 0 Å². The molecule has 0 spiro atoms. The van der Waals surface area contributed by atoms with Gasteiger partial charge in [0, 0.05) is 11.6 Å². The van der Waals surface area contributed by atoms with Crippen LogP contribution in [0, 0.1) is 0 Å². The van der Waals surface area contributed by atoms with Crippen LogP contribution in [0.2, 0.25) is 0 Å². The predicted octanol–water partition coefficient (Wildman–Crippen LogP) is 2.00. The molecule has 102 valence electrons. The van der Waals surface area contributed by atoms with Crippen molar-refractivity contribution in [1.29, 1.82) is 0 Å². The summed E-state index contributed by atoms with van der Waals surface area (Å²) in [4.78, 5) is 2.51. The van der Waals surface area contributed by atoms with Crippen molar-refractivity contribution in [3.63, 3.8) is 0 Å². The van der Waals surface area contributed by atoms with Gasteiger partial charge in [0.15, 0.2) is 0 Å². The van der Waals surface area contributed by atoms with Crippen molar-refractivity contribution < 1.29 is 5.11 Å². The van der Waals surface area contributed by atoms with Gasteiger partial charge in [0.1, 0.15) is 0 Å². The molecule has 3 heteroatoms. The highest BCUT2D eigenvalue weighted by Crippen LogP contribution is 2.24. The molecule has 1 saturated carbocycles. The van der Waals surface area contributed by atoms with Crippen molar-refractivity contribution in [3.8, 4) is 0 Å². The van der Waals surface area contributed by atoms with Gasteiger partial charge >= 0.3 is 0 Å². The van der Waals surface area contributed by atoms with Gasteiger partial charge in [-0.25, -0.2) is 0 Å². The van der Waals surface area contributed by atoms with Crippen LogP contribution in [-0.2, 0) is 0 Å². The second-order valence-corrected chi connectivity index (χ2v) is 5.77. The molecule has 0 heterocycles. The molecule has 0 aromatic carbocycles. The molecule has 1 rings (SSSR count). The van der Waals surface area contributed by atoms with Crippen LogP contribution in [0.5, 0.6) is 0 Å². The van der Waals surface area contributed by atoms with Gasteiger partial charge in [0.05, 0.1) is 6.61 Å². The Morgan fingerprint density at radius 1 is 1.35 bits per heavy atom. The summed E-state index contributed by atoms with van der Waals surface area (Å²) >= 11 is 0. The predicted molar refractivity (Wildman–Crippen MR) is 73.3 cm³/mol. The highest BCUT2D eigenvalue weighted by molar-refractivity contribution is 4.82. The van der Waals surface area contributed by atoms with Crippen molar-refractivity contribution in [2.24, 2.45) is 0 Å². The van der Waals surface area contributed by atoms with Crippen molar-refractivity contribution in [3.05, 3.63) is 0 Å². The van der Waals surface area contributed by atoms with Gasteiger partial charge in [-0.3, -0.25) is 0 Å². The van der Waals surface area contributed by atoms with E-state index in [2.05, 4.69) is 31.1 Å². The summed E-state index contributed by atoms with van der Waals surface area (Å²) < 4.78 is 0. The zero-order valence-electron chi connectivity index (χ0n) is 11.8. The zero-order valence-corrected chi connectivity index (χ0v) is 11.8. The Kier molecular flexibility index (Phi) is 6.45. The molecule has 0 amide bonds. The van der Waals surface area contributed by atoms with E-state index in [1.165, 1.54) is 38.6 Å². The van der Waals surface area contributed by atoms with E-state index in [1.54, 1.807) is 0 Å². The smallest absolute Gasteiger partial charge is 0.0610 e. The number of hydrogen-bond donors (Lipinski definition) is 2. The zero-order chi connectivity index (χ0) is 12.7. The molecule has 3 nitrogen and oxygen atoms in total. The van der Waals surface area contributed by atoms with Gasteiger partial charge in [-0.05, 0) is 52.7 Å². The average molecular weight is 242 g/mol. The largest absolute Gasteiger partial charge is 0.394 e. The number of rotatable bonds is 9. The maximum absolute atomic E-state index is 9.39. The lowest BCUT2D eigenvalue weighted by atomic mass is 9.91. The molecule has 1 aliphatic rings. The summed E-state index contributed by atoms with van der Waals surface area (Å²) in [5.74, 6) is 0. The van der Waals surface area contributed by atoms with Crippen LogP contribution in [-0.4, -0.2) is 48.3 Å². The molecule has 1 fully saturated rings. The number of nitrogens with one attached hydrogen (secondary N) is 1. The third kappa shape index (κ3) is 4.94. The molecule has 1 aliphatic carbocycles. The SMILES string of the molecule is CCNC(C)(CO)CCCCN(C)C1CCC1. The lowest BCUT2D eigenvalue weighted by Gasteiger charge is -2.35. The van der Waals surface area contributed by atoms with E-state index in [1.807, 2.05) is 0 Å². The first-order valence-electron chi connectivity index (χ1n) is 7.17. The molecule has 1 unspecified atom stereocenters. The number of aliphatic hydroxyl groups excluding tert-OH is 1. The Bertz CT molecular complexity index is 206. The van der Waals surface area contributed by atoms with Gasteiger partial charge in [-0.15, -0.1) is 0 Å². The van der Waals surface area contributed by atoms with Gasteiger partial charge in [0.25, 0.3) is 0 Å². The van der Waals surface area contributed by atoms with E-state index in [9.17, 15) is 5.11 Å². The Morgan fingerprint density at radius 2 is 2.06 bits per heavy atom. The van der Waals surface area contributed by atoms with E-state index in [4.69, 9.17) is 0 Å². The summed E-state index contributed by atoms with van der Waals surface area (Å²) in [5, 5.41) is 12.8. The summed E-state index contributed by atoms with van der Waals surface area (Å²) in [6, 6.07) is 0.855. The minimum Gasteiger partial charge on any atom is -0.394 e. The first kappa shape index (κ1) is 14.9. The second-order valence-electron chi connectivity index (χ2n) is 5.77. The fourth-order valence-electron chi connectivity index (χ4n) is 2.54. The lowest BCUT2D eigenvalue weighted by Crippen LogP contribution is -2.45. The first-order chi connectivity index (χ1) is 8.11. The van der Waals surface area contributed by atoms with Crippen molar-refractivity contribution in [1.82, 2.24) is 10.2 Å². The quantitative estimate of drug-likeness (QED) is 0.607. The van der Waals surface area contributed by atoms with Crippen LogP contribution in [0.4, 0.5) is 0 Å². The lowest BCUT2D eigenvalue weighted by molar-refractivity contribution is 0.146. The summed E-state index contributed by atoms with van der Waals surface area (Å²) in [6.45, 7) is 6.58. The van der Waals surface area contributed by atoms with E-state index >= 15 is 0 Å². The van der Waals surface area contributed by atoms with Gasteiger partial charge in [-0.2, -0.15) is 0 Å². The van der Waals surface area contributed by atoms with Crippen molar-refractivity contribution in [2.45, 2.75) is 64.0 Å². The third-order valence-corrected chi connectivity index (χ3v) is 4.14. The molecule has 0 aromatic rings. The van der Waals surface area contributed by atoms with E-state index in [-0.39, 0.29) is 12.1 Å². The molecule has 2 N–H and O–H groups in total. The molecule has 0 saturated heterocycles. The maximum atomic E-state index is 9.39. The monoisotopic (exact) mass is 242 g/mol. The topological polar surface area (TPSA) is 35.5 Å². The maximum Gasteiger partial charge on any atom is 0.0610 e. The van der Waals surface area contributed by atoms with Gasteiger partial charge in [-0.1, -0.05) is 19.8 Å². The standard InChI is InChI=1S/C14H30N2O/c1-4-15-14(2,12-17)10-5-6-11-16(3)13-8-7-9-13/h13,15,17H,4-12H2,1-3H3. The minimum absolute atomic E-state index is 0.0796. The Morgan fingerprint density at radius 3 is 2.53 bits per heavy atom. The van der Waals surface area contributed by atoms with Gasteiger partial charge < -0.3 is 15.3 Å².